The molecule has 2 fully saturated rings. The molecule has 1 N–H and O–H groups in total. The number of aliphatic hydroxyl groups is 1. The van der Waals surface area contributed by atoms with Crippen LogP contribution in [0.4, 0.5) is 0 Å². The lowest BCUT2D eigenvalue weighted by atomic mass is 9.96. The predicted molar refractivity (Wildman–Crippen MR) is 70.5 cm³/mol. The molecular weight excluding hydrogens is 224 g/mol. The lowest BCUT2D eigenvalue weighted by molar-refractivity contribution is 0.0986. The van der Waals surface area contributed by atoms with E-state index in [2.05, 4.69) is 25.6 Å². The molecule has 0 spiro atoms. The van der Waals surface area contributed by atoms with Crippen LogP contribution in [0.1, 0.15) is 52.4 Å². The highest BCUT2D eigenvalue weighted by Gasteiger charge is 2.47. The van der Waals surface area contributed by atoms with Gasteiger partial charge in [-0.15, -0.1) is 11.8 Å². The fourth-order valence-electron chi connectivity index (χ4n) is 2.75. The van der Waals surface area contributed by atoms with Gasteiger partial charge in [0.1, 0.15) is 4.93 Å². The van der Waals surface area contributed by atoms with Gasteiger partial charge in [-0.05, 0) is 32.1 Å². The normalized spacial score (nSPS) is 46.2. The molecule has 1 aliphatic heterocycles. The molecule has 1 aliphatic carbocycles. The summed E-state index contributed by atoms with van der Waals surface area (Å²) in [5.41, 5.74) is 0. The Morgan fingerprint density at radius 3 is 2.60 bits per heavy atom. The van der Waals surface area contributed by atoms with E-state index in [-0.39, 0.29) is 0 Å². The molecule has 3 heteroatoms. The molecule has 2 rings (SSSR count). The molecule has 4 atom stereocenters. The van der Waals surface area contributed by atoms with E-state index in [4.69, 9.17) is 0 Å². The maximum Gasteiger partial charge on any atom is 0.122 e. The van der Waals surface area contributed by atoms with Crippen LogP contribution < -0.4 is 0 Å². The Morgan fingerprint density at radius 2 is 1.93 bits per heavy atom. The fourth-order valence-corrected chi connectivity index (χ4v) is 6.62. The van der Waals surface area contributed by atoms with E-state index in [0.717, 1.165) is 11.7 Å². The largest absolute Gasteiger partial charge is 0.378 e. The molecule has 1 saturated carbocycles. The Bertz CT molecular complexity index is 222. The molecule has 1 saturated heterocycles. The first-order chi connectivity index (χ1) is 7.19. The van der Waals surface area contributed by atoms with Gasteiger partial charge in [-0.2, -0.15) is 11.8 Å². The summed E-state index contributed by atoms with van der Waals surface area (Å²) in [4.78, 5) is -0.394. The molecular formula is C12H22OS2. The van der Waals surface area contributed by atoms with Gasteiger partial charge >= 0.3 is 0 Å². The van der Waals surface area contributed by atoms with Crippen molar-refractivity contribution in [3.63, 3.8) is 0 Å². The zero-order valence-corrected chi connectivity index (χ0v) is 11.4. The molecule has 0 aromatic rings. The molecule has 0 aromatic carbocycles. The lowest BCUT2D eigenvalue weighted by Gasteiger charge is -2.48. The SMILES string of the molecule is CCC1SC2CCCCC2(O)SC1CC. The molecule has 1 nitrogen and oxygen atoms in total. The number of fused-ring (bicyclic) bond motifs is 1. The van der Waals surface area contributed by atoms with Crippen LogP contribution >= 0.6 is 23.5 Å². The van der Waals surface area contributed by atoms with E-state index in [1.165, 1.54) is 32.1 Å². The first-order valence-corrected chi connectivity index (χ1v) is 8.07. The minimum Gasteiger partial charge on any atom is -0.378 e. The maximum atomic E-state index is 10.6. The van der Waals surface area contributed by atoms with E-state index in [0.29, 0.717) is 10.5 Å². The average Bonchev–Trinajstić information content (AvgIpc) is 2.26. The van der Waals surface area contributed by atoms with Gasteiger partial charge in [0.15, 0.2) is 0 Å². The van der Waals surface area contributed by atoms with Gasteiger partial charge in [-0.3, -0.25) is 0 Å². The van der Waals surface area contributed by atoms with Crippen molar-refractivity contribution in [1.82, 2.24) is 0 Å². The Morgan fingerprint density at radius 1 is 1.20 bits per heavy atom. The van der Waals surface area contributed by atoms with Gasteiger partial charge in [0, 0.05) is 15.7 Å². The summed E-state index contributed by atoms with van der Waals surface area (Å²) in [6.45, 7) is 4.54. The Hall–Kier alpha value is 0.660. The summed E-state index contributed by atoms with van der Waals surface area (Å²) in [6.07, 6.45) is 7.22. The summed E-state index contributed by atoms with van der Waals surface area (Å²) >= 11 is 3.96. The number of hydrogen-bond donors (Lipinski definition) is 1. The molecule has 0 radical (unpaired) electrons. The van der Waals surface area contributed by atoms with Crippen LogP contribution in [-0.4, -0.2) is 25.8 Å². The molecule has 0 bridgehead atoms. The van der Waals surface area contributed by atoms with E-state index in [1.807, 2.05) is 11.8 Å². The summed E-state index contributed by atoms with van der Waals surface area (Å²) < 4.78 is 0. The average molecular weight is 246 g/mol. The van der Waals surface area contributed by atoms with Gasteiger partial charge in [-0.1, -0.05) is 20.3 Å². The Balaban J connectivity index is 2.09. The summed E-state index contributed by atoms with van der Waals surface area (Å²) in [6, 6.07) is 0. The van der Waals surface area contributed by atoms with Crippen molar-refractivity contribution in [1.29, 1.82) is 0 Å². The van der Waals surface area contributed by atoms with E-state index in [1.54, 1.807) is 0 Å². The molecule has 88 valence electrons. The van der Waals surface area contributed by atoms with Crippen molar-refractivity contribution in [3.05, 3.63) is 0 Å². The first-order valence-electron chi connectivity index (χ1n) is 6.25. The molecule has 15 heavy (non-hydrogen) atoms. The fraction of sp³-hybridized carbons (Fsp3) is 1.00. The van der Waals surface area contributed by atoms with Crippen LogP contribution in [0, 0.1) is 0 Å². The topological polar surface area (TPSA) is 20.2 Å². The van der Waals surface area contributed by atoms with Gasteiger partial charge in [0.25, 0.3) is 0 Å². The molecule has 2 aliphatic rings. The second-order valence-electron chi connectivity index (χ2n) is 4.73. The highest BCUT2D eigenvalue weighted by Crippen LogP contribution is 2.54. The summed E-state index contributed by atoms with van der Waals surface area (Å²) in [5.74, 6) is 0. The van der Waals surface area contributed by atoms with Crippen molar-refractivity contribution >= 4 is 23.5 Å². The van der Waals surface area contributed by atoms with Crippen LogP contribution in [-0.2, 0) is 0 Å². The molecule has 0 amide bonds. The molecule has 4 unspecified atom stereocenters. The second-order valence-corrected chi connectivity index (χ2v) is 7.72. The van der Waals surface area contributed by atoms with Crippen LogP contribution in [0.25, 0.3) is 0 Å². The maximum absolute atomic E-state index is 10.6. The van der Waals surface area contributed by atoms with Crippen LogP contribution in [0.5, 0.6) is 0 Å². The Labute approximate surface area is 102 Å². The van der Waals surface area contributed by atoms with Gasteiger partial charge in [-0.25, -0.2) is 0 Å². The Kier molecular flexibility index (Phi) is 3.95. The van der Waals surface area contributed by atoms with Crippen molar-refractivity contribution in [3.8, 4) is 0 Å². The minimum atomic E-state index is -0.394. The summed E-state index contributed by atoms with van der Waals surface area (Å²) in [7, 11) is 0. The predicted octanol–water partition coefficient (Wildman–Crippen LogP) is 3.65. The third-order valence-corrected chi connectivity index (χ3v) is 7.82. The highest BCUT2D eigenvalue weighted by molar-refractivity contribution is 8.08. The van der Waals surface area contributed by atoms with Crippen molar-refractivity contribution in [2.24, 2.45) is 0 Å². The van der Waals surface area contributed by atoms with Crippen molar-refractivity contribution in [2.45, 2.75) is 73.1 Å². The second kappa shape index (κ2) is 4.89. The zero-order chi connectivity index (χ0) is 10.9. The van der Waals surface area contributed by atoms with E-state index in [9.17, 15) is 5.11 Å². The molecule has 0 aromatic heterocycles. The number of thioether (sulfide) groups is 2. The standard InChI is InChI=1S/C12H22OS2/c1-3-9-10(4-2)15-12(13)8-6-5-7-11(12)14-9/h9-11,13H,3-8H2,1-2H3. The van der Waals surface area contributed by atoms with Crippen LogP contribution in [0.2, 0.25) is 0 Å². The number of rotatable bonds is 2. The third kappa shape index (κ3) is 2.34. The van der Waals surface area contributed by atoms with E-state index < -0.39 is 4.93 Å². The van der Waals surface area contributed by atoms with Crippen molar-refractivity contribution in [2.75, 3.05) is 0 Å². The van der Waals surface area contributed by atoms with Gasteiger partial charge in [0.05, 0.1) is 0 Å². The van der Waals surface area contributed by atoms with Crippen molar-refractivity contribution < 1.29 is 5.11 Å². The smallest absolute Gasteiger partial charge is 0.122 e. The third-order valence-electron chi connectivity index (χ3n) is 3.67. The monoisotopic (exact) mass is 246 g/mol. The van der Waals surface area contributed by atoms with Gasteiger partial charge in [0.2, 0.25) is 0 Å². The lowest BCUT2D eigenvalue weighted by Crippen LogP contribution is -2.48. The molecule has 1 heterocycles. The van der Waals surface area contributed by atoms with Crippen LogP contribution in [0.3, 0.4) is 0 Å². The summed E-state index contributed by atoms with van der Waals surface area (Å²) in [5, 5.41) is 12.6. The first kappa shape index (κ1) is 12.1. The quantitative estimate of drug-likeness (QED) is 0.803. The highest BCUT2D eigenvalue weighted by atomic mass is 32.2. The van der Waals surface area contributed by atoms with Gasteiger partial charge < -0.3 is 5.11 Å². The van der Waals surface area contributed by atoms with Crippen LogP contribution in [0.15, 0.2) is 0 Å². The zero-order valence-electron chi connectivity index (χ0n) is 9.74. The van der Waals surface area contributed by atoms with E-state index >= 15 is 0 Å². The minimum absolute atomic E-state index is 0.394. The number of hydrogen-bond acceptors (Lipinski definition) is 3.